The lowest BCUT2D eigenvalue weighted by Crippen LogP contribution is -2.29. The molecule has 0 fully saturated rings. The molecule has 0 saturated carbocycles. The summed E-state index contributed by atoms with van der Waals surface area (Å²) in [6.07, 6.45) is 0. The van der Waals surface area contributed by atoms with Crippen LogP contribution in [-0.2, 0) is 0 Å². The third-order valence-corrected chi connectivity index (χ3v) is 4.22. The van der Waals surface area contributed by atoms with Crippen molar-refractivity contribution in [1.82, 2.24) is 14.9 Å². The van der Waals surface area contributed by atoms with Gasteiger partial charge in [0.15, 0.2) is 0 Å². The summed E-state index contributed by atoms with van der Waals surface area (Å²) < 4.78 is 1.73. The van der Waals surface area contributed by atoms with E-state index < -0.39 is 0 Å². The van der Waals surface area contributed by atoms with Gasteiger partial charge in [0.25, 0.3) is 5.56 Å². The molecular weight excluding hydrogens is 286 g/mol. The van der Waals surface area contributed by atoms with Crippen LogP contribution in [0.15, 0.2) is 47.3 Å². The fourth-order valence-electron chi connectivity index (χ4n) is 2.86. The first-order valence-corrected chi connectivity index (χ1v) is 7.79. The van der Waals surface area contributed by atoms with E-state index in [-0.39, 0.29) is 11.6 Å². The maximum atomic E-state index is 13.1. The summed E-state index contributed by atoms with van der Waals surface area (Å²) in [5, 5.41) is 3.83. The van der Waals surface area contributed by atoms with E-state index in [9.17, 15) is 4.79 Å². The molecule has 23 heavy (non-hydrogen) atoms. The van der Waals surface area contributed by atoms with Crippen molar-refractivity contribution in [3.05, 3.63) is 69.8 Å². The average Bonchev–Trinajstić information content (AvgIpc) is 2.55. The van der Waals surface area contributed by atoms with Crippen LogP contribution in [0, 0.1) is 13.8 Å². The largest absolute Gasteiger partial charge is 0.311 e. The highest BCUT2D eigenvalue weighted by molar-refractivity contribution is 5.78. The molecule has 1 N–H and O–H groups in total. The fraction of sp³-hybridized carbons (Fsp3) is 0.263. The molecule has 1 heterocycles. The normalized spacial score (nSPS) is 12.5. The Labute approximate surface area is 135 Å². The first-order chi connectivity index (χ1) is 11.0. The number of nitrogens with one attached hydrogen (secondary N) is 1. The first-order valence-electron chi connectivity index (χ1n) is 7.79. The number of hydrogen-bond donors (Lipinski definition) is 1. The van der Waals surface area contributed by atoms with Crippen molar-refractivity contribution in [3.8, 4) is 5.69 Å². The Balaban J connectivity index is 2.42. The molecule has 3 rings (SSSR count). The van der Waals surface area contributed by atoms with Gasteiger partial charge in [0, 0.05) is 0 Å². The van der Waals surface area contributed by atoms with Gasteiger partial charge in [0.2, 0.25) is 0 Å². The summed E-state index contributed by atoms with van der Waals surface area (Å²) in [5.41, 5.74) is 3.83. The zero-order chi connectivity index (χ0) is 16.6. The van der Waals surface area contributed by atoms with Crippen LogP contribution in [0.25, 0.3) is 16.6 Å². The third-order valence-electron chi connectivity index (χ3n) is 4.22. The highest BCUT2D eigenvalue weighted by Gasteiger charge is 2.17. The van der Waals surface area contributed by atoms with Crippen LogP contribution < -0.4 is 10.9 Å². The quantitative estimate of drug-likeness (QED) is 0.808. The van der Waals surface area contributed by atoms with E-state index in [0.29, 0.717) is 5.39 Å². The molecule has 0 saturated heterocycles. The van der Waals surface area contributed by atoms with E-state index in [1.165, 1.54) is 5.56 Å². The Morgan fingerprint density at radius 2 is 1.87 bits per heavy atom. The maximum Gasteiger partial charge on any atom is 0.266 e. The van der Waals surface area contributed by atoms with E-state index in [0.717, 1.165) is 22.6 Å². The summed E-state index contributed by atoms with van der Waals surface area (Å²) in [6.45, 7) is 6.09. The number of para-hydroxylation sites is 1. The fourth-order valence-corrected chi connectivity index (χ4v) is 2.86. The predicted molar refractivity (Wildman–Crippen MR) is 94.3 cm³/mol. The van der Waals surface area contributed by atoms with Crippen LogP contribution in [0.1, 0.15) is 29.9 Å². The Hall–Kier alpha value is -2.46. The van der Waals surface area contributed by atoms with Gasteiger partial charge in [-0.1, -0.05) is 29.8 Å². The number of benzene rings is 2. The van der Waals surface area contributed by atoms with E-state index in [1.54, 1.807) is 4.57 Å². The van der Waals surface area contributed by atoms with Crippen molar-refractivity contribution in [2.45, 2.75) is 26.8 Å². The molecule has 3 aromatic rings. The zero-order valence-electron chi connectivity index (χ0n) is 13.9. The van der Waals surface area contributed by atoms with E-state index in [2.05, 4.69) is 18.3 Å². The number of nitrogens with zero attached hydrogens (tertiary/aromatic N) is 2. The van der Waals surface area contributed by atoms with Crippen LogP contribution in [0.3, 0.4) is 0 Å². The van der Waals surface area contributed by atoms with Crippen molar-refractivity contribution in [1.29, 1.82) is 0 Å². The number of rotatable bonds is 3. The van der Waals surface area contributed by atoms with Gasteiger partial charge >= 0.3 is 0 Å². The smallest absolute Gasteiger partial charge is 0.266 e. The monoisotopic (exact) mass is 307 g/mol. The van der Waals surface area contributed by atoms with Gasteiger partial charge in [-0.15, -0.1) is 0 Å². The summed E-state index contributed by atoms with van der Waals surface area (Å²) in [7, 11) is 1.87. The second kappa shape index (κ2) is 5.97. The van der Waals surface area contributed by atoms with Crippen LogP contribution in [0.4, 0.5) is 0 Å². The number of aryl methyl sites for hydroxylation is 2. The number of hydrogen-bond acceptors (Lipinski definition) is 3. The summed E-state index contributed by atoms with van der Waals surface area (Å²) in [6, 6.07) is 13.6. The molecule has 4 nitrogen and oxygen atoms in total. The minimum Gasteiger partial charge on any atom is -0.311 e. The van der Waals surface area contributed by atoms with Gasteiger partial charge < -0.3 is 5.32 Å². The van der Waals surface area contributed by atoms with E-state index >= 15 is 0 Å². The molecule has 0 aliphatic carbocycles. The molecule has 118 valence electrons. The Bertz CT molecular complexity index is 928. The standard InChI is InChI=1S/C19H21N3O/c1-12-9-10-17(13(2)11-12)22-18(14(3)20-4)21-16-8-6-5-7-15(16)19(22)23/h5-11,14,20H,1-4H3. The summed E-state index contributed by atoms with van der Waals surface area (Å²) >= 11 is 0. The van der Waals surface area contributed by atoms with E-state index in [1.807, 2.05) is 57.3 Å². The molecular formula is C19H21N3O. The van der Waals surface area contributed by atoms with Gasteiger partial charge in [0.1, 0.15) is 5.82 Å². The zero-order valence-corrected chi connectivity index (χ0v) is 13.9. The highest BCUT2D eigenvalue weighted by atomic mass is 16.1. The van der Waals surface area contributed by atoms with Gasteiger partial charge in [-0.25, -0.2) is 4.98 Å². The van der Waals surface area contributed by atoms with Crippen LogP contribution in [0.2, 0.25) is 0 Å². The van der Waals surface area contributed by atoms with E-state index in [4.69, 9.17) is 4.98 Å². The first kappa shape index (κ1) is 15.4. The second-order valence-corrected chi connectivity index (χ2v) is 5.93. The number of aromatic nitrogens is 2. The predicted octanol–water partition coefficient (Wildman–Crippen LogP) is 3.28. The lowest BCUT2D eigenvalue weighted by molar-refractivity contribution is 0.589. The lowest BCUT2D eigenvalue weighted by Gasteiger charge is -2.19. The average molecular weight is 307 g/mol. The topological polar surface area (TPSA) is 46.9 Å². The molecule has 1 unspecified atom stereocenters. The minimum absolute atomic E-state index is 0.0281. The van der Waals surface area contributed by atoms with Crippen LogP contribution in [-0.4, -0.2) is 16.6 Å². The third kappa shape index (κ3) is 2.66. The van der Waals surface area contributed by atoms with Gasteiger partial charge in [-0.05, 0) is 51.6 Å². The van der Waals surface area contributed by atoms with Crippen molar-refractivity contribution >= 4 is 10.9 Å². The lowest BCUT2D eigenvalue weighted by atomic mass is 10.1. The molecule has 0 amide bonds. The molecule has 0 aliphatic rings. The molecule has 0 spiro atoms. The van der Waals surface area contributed by atoms with Crippen molar-refractivity contribution < 1.29 is 0 Å². The van der Waals surface area contributed by atoms with Crippen LogP contribution in [0.5, 0.6) is 0 Å². The molecule has 0 bridgehead atoms. The Kier molecular flexibility index (Phi) is 4.01. The Morgan fingerprint density at radius 1 is 1.13 bits per heavy atom. The number of fused-ring (bicyclic) bond motifs is 1. The van der Waals surface area contributed by atoms with Gasteiger partial charge in [-0.3, -0.25) is 9.36 Å². The Morgan fingerprint density at radius 3 is 2.57 bits per heavy atom. The van der Waals surface area contributed by atoms with Crippen molar-refractivity contribution in [3.63, 3.8) is 0 Å². The highest BCUT2D eigenvalue weighted by Crippen LogP contribution is 2.20. The van der Waals surface area contributed by atoms with Gasteiger partial charge in [0.05, 0.1) is 22.6 Å². The maximum absolute atomic E-state index is 13.1. The second-order valence-electron chi connectivity index (χ2n) is 5.93. The summed E-state index contributed by atoms with van der Waals surface area (Å²) in [5.74, 6) is 0.725. The molecule has 1 atom stereocenters. The molecule has 1 aromatic heterocycles. The molecule has 0 aliphatic heterocycles. The SMILES string of the molecule is CNC(C)c1nc2ccccc2c(=O)n1-c1ccc(C)cc1C. The van der Waals surface area contributed by atoms with Crippen molar-refractivity contribution in [2.24, 2.45) is 0 Å². The molecule has 4 heteroatoms. The molecule has 0 radical (unpaired) electrons. The van der Waals surface area contributed by atoms with Crippen LogP contribution >= 0.6 is 0 Å². The van der Waals surface area contributed by atoms with Gasteiger partial charge in [-0.2, -0.15) is 0 Å². The molecule has 2 aromatic carbocycles. The van der Waals surface area contributed by atoms with Crippen molar-refractivity contribution in [2.75, 3.05) is 7.05 Å². The summed E-state index contributed by atoms with van der Waals surface area (Å²) in [4.78, 5) is 17.8. The minimum atomic E-state index is -0.0343.